The molecule has 1 saturated heterocycles. The summed E-state index contributed by atoms with van der Waals surface area (Å²) in [7, 11) is 0. The molecule has 0 aliphatic carbocycles. The van der Waals surface area contributed by atoms with Gasteiger partial charge in [0.25, 0.3) is 5.91 Å². The van der Waals surface area contributed by atoms with Crippen LogP contribution in [0.3, 0.4) is 0 Å². The molecule has 3 nitrogen and oxygen atoms in total. The van der Waals surface area contributed by atoms with Crippen molar-refractivity contribution in [3.63, 3.8) is 0 Å². The van der Waals surface area contributed by atoms with Gasteiger partial charge in [-0.05, 0) is 31.0 Å². The SMILES string of the molecule is O=C(c1nc2ccc(F)cc2s1)N1CCCC1. The Morgan fingerprint density at radius 3 is 2.88 bits per heavy atom. The molecule has 17 heavy (non-hydrogen) atoms. The van der Waals surface area contributed by atoms with E-state index in [0.29, 0.717) is 10.5 Å². The first-order valence-electron chi connectivity index (χ1n) is 5.59. The fourth-order valence-corrected chi connectivity index (χ4v) is 3.00. The average Bonchev–Trinajstić information content (AvgIpc) is 2.96. The molecular formula is C12H11FN2OS. The minimum Gasteiger partial charge on any atom is -0.337 e. The van der Waals surface area contributed by atoms with Crippen LogP contribution >= 0.6 is 11.3 Å². The van der Waals surface area contributed by atoms with Gasteiger partial charge < -0.3 is 4.90 Å². The molecule has 0 bridgehead atoms. The highest BCUT2D eigenvalue weighted by Gasteiger charge is 2.22. The van der Waals surface area contributed by atoms with Crippen LogP contribution in [-0.2, 0) is 0 Å². The topological polar surface area (TPSA) is 33.2 Å². The van der Waals surface area contributed by atoms with Gasteiger partial charge in [-0.1, -0.05) is 0 Å². The van der Waals surface area contributed by atoms with Gasteiger partial charge in [0.05, 0.1) is 10.2 Å². The summed E-state index contributed by atoms with van der Waals surface area (Å²) < 4.78 is 13.8. The maximum Gasteiger partial charge on any atom is 0.282 e. The highest BCUT2D eigenvalue weighted by molar-refractivity contribution is 7.20. The van der Waals surface area contributed by atoms with E-state index in [1.807, 2.05) is 4.90 Å². The van der Waals surface area contributed by atoms with Crippen LogP contribution in [0.15, 0.2) is 18.2 Å². The van der Waals surface area contributed by atoms with E-state index in [4.69, 9.17) is 0 Å². The summed E-state index contributed by atoms with van der Waals surface area (Å²) in [5.74, 6) is -0.314. The van der Waals surface area contributed by atoms with Crippen molar-refractivity contribution < 1.29 is 9.18 Å². The molecule has 1 amide bonds. The summed E-state index contributed by atoms with van der Waals surface area (Å²) in [6, 6.07) is 4.40. The van der Waals surface area contributed by atoms with Crippen LogP contribution in [-0.4, -0.2) is 28.9 Å². The third-order valence-corrected chi connectivity index (χ3v) is 3.93. The fraction of sp³-hybridized carbons (Fsp3) is 0.333. The molecule has 0 N–H and O–H groups in total. The summed E-state index contributed by atoms with van der Waals surface area (Å²) >= 11 is 1.26. The predicted octanol–water partition coefficient (Wildman–Crippen LogP) is 2.67. The van der Waals surface area contributed by atoms with E-state index < -0.39 is 0 Å². The minimum atomic E-state index is -0.290. The van der Waals surface area contributed by atoms with Crippen LogP contribution in [0.2, 0.25) is 0 Å². The molecule has 0 atom stereocenters. The molecule has 2 heterocycles. The molecular weight excluding hydrogens is 239 g/mol. The second kappa shape index (κ2) is 4.07. The van der Waals surface area contributed by atoms with E-state index in [-0.39, 0.29) is 11.7 Å². The Kier molecular flexibility index (Phi) is 2.55. The maximum atomic E-state index is 13.0. The summed E-state index contributed by atoms with van der Waals surface area (Å²) in [6.45, 7) is 1.62. The second-order valence-electron chi connectivity index (χ2n) is 4.13. The van der Waals surface area contributed by atoms with Crippen LogP contribution in [0.25, 0.3) is 10.2 Å². The van der Waals surface area contributed by atoms with E-state index >= 15 is 0 Å². The van der Waals surface area contributed by atoms with Gasteiger partial charge in [0.15, 0.2) is 5.01 Å². The van der Waals surface area contributed by atoms with Crippen molar-refractivity contribution in [1.29, 1.82) is 0 Å². The van der Waals surface area contributed by atoms with Crippen LogP contribution in [0.5, 0.6) is 0 Å². The number of halogens is 1. The lowest BCUT2D eigenvalue weighted by Gasteiger charge is -2.12. The van der Waals surface area contributed by atoms with E-state index in [1.54, 1.807) is 6.07 Å². The van der Waals surface area contributed by atoms with Crippen molar-refractivity contribution in [2.24, 2.45) is 0 Å². The third-order valence-electron chi connectivity index (χ3n) is 2.93. The van der Waals surface area contributed by atoms with Crippen LogP contribution in [0.1, 0.15) is 22.6 Å². The summed E-state index contributed by atoms with van der Waals surface area (Å²) in [5, 5.41) is 0.465. The summed E-state index contributed by atoms with van der Waals surface area (Å²) in [4.78, 5) is 18.2. The number of hydrogen-bond donors (Lipinski definition) is 0. The second-order valence-corrected chi connectivity index (χ2v) is 5.16. The lowest BCUT2D eigenvalue weighted by atomic mass is 10.3. The normalized spacial score (nSPS) is 15.7. The average molecular weight is 250 g/mol. The van der Waals surface area contributed by atoms with Gasteiger partial charge in [-0.25, -0.2) is 9.37 Å². The molecule has 1 aromatic carbocycles. The molecule has 1 aliphatic heterocycles. The minimum absolute atomic E-state index is 0.0240. The zero-order valence-corrected chi connectivity index (χ0v) is 9.97. The Hall–Kier alpha value is -1.49. The largest absolute Gasteiger partial charge is 0.337 e. The molecule has 0 spiro atoms. The quantitative estimate of drug-likeness (QED) is 0.779. The standard InChI is InChI=1S/C12H11FN2OS/c13-8-3-4-9-10(7-8)17-11(14-9)12(16)15-5-1-2-6-15/h3-4,7H,1-2,5-6H2. The zero-order valence-electron chi connectivity index (χ0n) is 9.15. The number of aromatic nitrogens is 1. The monoisotopic (exact) mass is 250 g/mol. The predicted molar refractivity (Wildman–Crippen MR) is 64.7 cm³/mol. The summed E-state index contributed by atoms with van der Waals surface area (Å²) in [5.41, 5.74) is 0.693. The number of carbonyl (C=O) groups excluding carboxylic acids is 1. The van der Waals surface area contributed by atoms with E-state index in [9.17, 15) is 9.18 Å². The van der Waals surface area contributed by atoms with E-state index in [1.165, 1.54) is 23.5 Å². The Morgan fingerprint density at radius 1 is 1.35 bits per heavy atom. The van der Waals surface area contributed by atoms with Crippen LogP contribution < -0.4 is 0 Å². The first-order valence-corrected chi connectivity index (χ1v) is 6.41. The molecule has 3 rings (SSSR count). The van der Waals surface area contributed by atoms with Gasteiger partial charge in [-0.2, -0.15) is 0 Å². The van der Waals surface area contributed by atoms with Gasteiger partial charge >= 0.3 is 0 Å². The summed E-state index contributed by atoms with van der Waals surface area (Å²) in [6.07, 6.45) is 2.12. The van der Waals surface area contributed by atoms with Gasteiger partial charge in [0.2, 0.25) is 0 Å². The van der Waals surface area contributed by atoms with Crippen molar-refractivity contribution in [2.75, 3.05) is 13.1 Å². The van der Waals surface area contributed by atoms with E-state index in [0.717, 1.165) is 30.6 Å². The Bertz CT molecular complexity index is 575. The van der Waals surface area contributed by atoms with Crippen molar-refractivity contribution in [3.8, 4) is 0 Å². The number of thiazole rings is 1. The smallest absolute Gasteiger partial charge is 0.282 e. The molecule has 0 unspecified atom stereocenters. The molecule has 0 saturated carbocycles. The highest BCUT2D eigenvalue weighted by Crippen LogP contribution is 2.24. The lowest BCUT2D eigenvalue weighted by molar-refractivity contribution is 0.0792. The number of hydrogen-bond acceptors (Lipinski definition) is 3. The number of nitrogens with zero attached hydrogens (tertiary/aromatic N) is 2. The maximum absolute atomic E-state index is 13.0. The van der Waals surface area contributed by atoms with Gasteiger partial charge in [-0.3, -0.25) is 4.79 Å². The number of amides is 1. The number of likely N-dealkylation sites (tertiary alicyclic amines) is 1. The molecule has 1 aliphatic rings. The molecule has 1 fully saturated rings. The Balaban J connectivity index is 1.97. The van der Waals surface area contributed by atoms with Crippen molar-refractivity contribution in [2.45, 2.75) is 12.8 Å². The molecule has 88 valence electrons. The Morgan fingerprint density at radius 2 is 2.12 bits per heavy atom. The van der Waals surface area contributed by atoms with Gasteiger partial charge in [-0.15, -0.1) is 11.3 Å². The number of fused-ring (bicyclic) bond motifs is 1. The van der Waals surface area contributed by atoms with Gasteiger partial charge in [0, 0.05) is 13.1 Å². The lowest BCUT2D eigenvalue weighted by Crippen LogP contribution is -2.27. The first-order chi connectivity index (χ1) is 8.24. The molecule has 2 aromatic rings. The first kappa shape index (κ1) is 10.7. The van der Waals surface area contributed by atoms with Crippen molar-refractivity contribution in [3.05, 3.63) is 29.0 Å². The Labute approximate surface area is 102 Å². The van der Waals surface area contributed by atoms with Crippen molar-refractivity contribution in [1.82, 2.24) is 9.88 Å². The molecule has 0 radical (unpaired) electrons. The van der Waals surface area contributed by atoms with Crippen LogP contribution in [0.4, 0.5) is 4.39 Å². The van der Waals surface area contributed by atoms with E-state index in [2.05, 4.69) is 4.98 Å². The number of rotatable bonds is 1. The fourth-order valence-electron chi connectivity index (χ4n) is 2.05. The number of benzene rings is 1. The molecule has 5 heteroatoms. The highest BCUT2D eigenvalue weighted by atomic mass is 32.1. The molecule has 1 aromatic heterocycles. The van der Waals surface area contributed by atoms with Gasteiger partial charge in [0.1, 0.15) is 5.82 Å². The van der Waals surface area contributed by atoms with Crippen LogP contribution in [0, 0.1) is 5.82 Å². The van der Waals surface area contributed by atoms with Crippen molar-refractivity contribution >= 4 is 27.5 Å². The number of carbonyl (C=O) groups is 1. The third kappa shape index (κ3) is 1.91. The zero-order chi connectivity index (χ0) is 11.8.